The second-order valence-corrected chi connectivity index (χ2v) is 7.59. The Hall–Kier alpha value is -2.96. The average molecular weight is 387 g/mol. The van der Waals surface area contributed by atoms with Gasteiger partial charge in [-0.2, -0.15) is 5.26 Å². The number of nitrogens with zero attached hydrogens (tertiary/aromatic N) is 3. The third-order valence-electron chi connectivity index (χ3n) is 4.13. The second-order valence-electron chi connectivity index (χ2n) is 7.59. The number of aliphatic hydroxyl groups excluding tert-OH is 1. The van der Waals surface area contributed by atoms with Crippen molar-refractivity contribution in [2.45, 2.75) is 58.4 Å². The SMILES string of the molecule is Cc1nc2cc(C#N)cc(N)c2c(=O)n1[C@@H](CCC(=O)OC(C)(C)C)C(N)O. The standard InChI is InChI=1S/C19H25N5O4/c1-10-23-13-8-11(9-20)7-12(21)16(13)18(27)24(10)14(17(22)26)5-6-15(25)28-19(2,3)4/h7-8,14,17,26H,5-6,21-22H2,1-4H3/t14-,17?/m0/s1. The summed E-state index contributed by atoms with van der Waals surface area (Å²) in [6.07, 6.45) is -1.36. The highest BCUT2D eigenvalue weighted by Crippen LogP contribution is 2.23. The molecule has 1 unspecified atom stereocenters. The summed E-state index contributed by atoms with van der Waals surface area (Å²) >= 11 is 0. The first-order chi connectivity index (χ1) is 12.9. The number of hydrogen-bond acceptors (Lipinski definition) is 8. The van der Waals surface area contributed by atoms with Crippen molar-refractivity contribution < 1.29 is 14.6 Å². The van der Waals surface area contributed by atoms with Gasteiger partial charge in [0.2, 0.25) is 0 Å². The summed E-state index contributed by atoms with van der Waals surface area (Å²) in [5, 5.41) is 19.2. The number of nitrogen functional groups attached to an aromatic ring is 1. The molecule has 0 bridgehead atoms. The zero-order chi connectivity index (χ0) is 21.2. The van der Waals surface area contributed by atoms with Crippen molar-refractivity contribution in [3.8, 4) is 6.07 Å². The van der Waals surface area contributed by atoms with E-state index in [4.69, 9.17) is 21.5 Å². The molecule has 9 nitrogen and oxygen atoms in total. The van der Waals surface area contributed by atoms with Gasteiger partial charge >= 0.3 is 5.97 Å². The number of aromatic nitrogens is 2. The van der Waals surface area contributed by atoms with E-state index in [-0.39, 0.29) is 40.8 Å². The van der Waals surface area contributed by atoms with Crippen LogP contribution in [0.2, 0.25) is 0 Å². The Balaban J connectivity index is 2.48. The summed E-state index contributed by atoms with van der Waals surface area (Å²) in [5.41, 5.74) is 11.2. The number of rotatable bonds is 5. The van der Waals surface area contributed by atoms with Gasteiger partial charge in [-0.1, -0.05) is 0 Å². The average Bonchev–Trinajstić information content (AvgIpc) is 2.54. The molecular weight excluding hydrogens is 362 g/mol. The molecule has 0 aliphatic carbocycles. The number of esters is 1. The van der Waals surface area contributed by atoms with Crippen LogP contribution >= 0.6 is 0 Å². The van der Waals surface area contributed by atoms with Crippen LogP contribution < -0.4 is 17.0 Å². The van der Waals surface area contributed by atoms with Crippen molar-refractivity contribution in [2.24, 2.45) is 5.73 Å². The second kappa shape index (κ2) is 7.96. The van der Waals surface area contributed by atoms with Crippen molar-refractivity contribution >= 4 is 22.6 Å². The fourth-order valence-corrected chi connectivity index (χ4v) is 3.03. The van der Waals surface area contributed by atoms with Gasteiger partial charge in [0.15, 0.2) is 0 Å². The number of aliphatic hydroxyl groups is 1. The van der Waals surface area contributed by atoms with Crippen molar-refractivity contribution in [3.63, 3.8) is 0 Å². The number of hydrogen-bond donors (Lipinski definition) is 3. The fourth-order valence-electron chi connectivity index (χ4n) is 3.03. The number of nitriles is 1. The zero-order valence-corrected chi connectivity index (χ0v) is 16.4. The predicted octanol–water partition coefficient (Wildman–Crippen LogP) is 1.10. The lowest BCUT2D eigenvalue weighted by Crippen LogP contribution is -2.39. The number of nitrogens with two attached hydrogens (primary N) is 2. The van der Waals surface area contributed by atoms with E-state index in [1.165, 1.54) is 16.7 Å². The highest BCUT2D eigenvalue weighted by molar-refractivity contribution is 5.90. The summed E-state index contributed by atoms with van der Waals surface area (Å²) < 4.78 is 6.50. The van der Waals surface area contributed by atoms with Crippen LogP contribution in [0.1, 0.15) is 51.0 Å². The van der Waals surface area contributed by atoms with Gasteiger partial charge in [-0.3, -0.25) is 14.2 Å². The molecule has 0 amide bonds. The van der Waals surface area contributed by atoms with Crippen LogP contribution in [0.3, 0.4) is 0 Å². The molecule has 28 heavy (non-hydrogen) atoms. The molecule has 0 fully saturated rings. The van der Waals surface area contributed by atoms with Gasteiger partial charge in [0, 0.05) is 12.1 Å². The van der Waals surface area contributed by atoms with Gasteiger partial charge in [-0.05, 0) is 46.2 Å². The van der Waals surface area contributed by atoms with E-state index < -0.39 is 29.4 Å². The molecule has 1 heterocycles. The predicted molar refractivity (Wildman–Crippen MR) is 104 cm³/mol. The van der Waals surface area contributed by atoms with Gasteiger partial charge in [-0.15, -0.1) is 0 Å². The molecule has 2 atom stereocenters. The molecule has 2 aromatic rings. The maximum absolute atomic E-state index is 13.1. The van der Waals surface area contributed by atoms with Crippen LogP contribution in [0.4, 0.5) is 5.69 Å². The molecule has 2 rings (SSSR count). The number of benzene rings is 1. The minimum absolute atomic E-state index is 0.0387. The Kier molecular flexibility index (Phi) is 6.07. The largest absolute Gasteiger partial charge is 0.460 e. The highest BCUT2D eigenvalue weighted by atomic mass is 16.6. The molecule has 5 N–H and O–H groups in total. The van der Waals surface area contributed by atoms with Crippen LogP contribution in [-0.2, 0) is 9.53 Å². The number of anilines is 1. The molecule has 0 spiro atoms. The van der Waals surface area contributed by atoms with Crippen molar-refractivity contribution in [3.05, 3.63) is 33.9 Å². The van der Waals surface area contributed by atoms with E-state index >= 15 is 0 Å². The fraction of sp³-hybridized carbons (Fsp3) is 0.474. The minimum Gasteiger partial charge on any atom is -0.460 e. The molecule has 150 valence electrons. The molecule has 1 aromatic carbocycles. The summed E-state index contributed by atoms with van der Waals surface area (Å²) in [4.78, 5) is 29.4. The molecule has 1 aromatic heterocycles. The van der Waals surface area contributed by atoms with E-state index in [1.54, 1.807) is 27.7 Å². The summed E-state index contributed by atoms with van der Waals surface area (Å²) in [6, 6.07) is 3.93. The van der Waals surface area contributed by atoms with Gasteiger partial charge in [0.25, 0.3) is 5.56 Å². The van der Waals surface area contributed by atoms with Gasteiger partial charge in [-0.25, -0.2) is 4.98 Å². The molecule has 9 heteroatoms. The maximum atomic E-state index is 13.1. The monoisotopic (exact) mass is 387 g/mol. The highest BCUT2D eigenvalue weighted by Gasteiger charge is 2.25. The quantitative estimate of drug-likeness (QED) is 0.391. The third kappa shape index (κ3) is 4.65. The zero-order valence-electron chi connectivity index (χ0n) is 16.4. The van der Waals surface area contributed by atoms with Crippen molar-refractivity contribution in [2.75, 3.05) is 5.73 Å². The molecule has 0 saturated heterocycles. The number of ether oxygens (including phenoxy) is 1. The summed E-state index contributed by atoms with van der Waals surface area (Å²) in [6.45, 7) is 6.83. The van der Waals surface area contributed by atoms with Crippen LogP contribution in [0.15, 0.2) is 16.9 Å². The molecule has 0 radical (unpaired) electrons. The lowest BCUT2D eigenvalue weighted by atomic mass is 10.1. The maximum Gasteiger partial charge on any atom is 0.306 e. The molecule has 0 saturated carbocycles. The topological polar surface area (TPSA) is 157 Å². The lowest BCUT2D eigenvalue weighted by Gasteiger charge is -2.25. The van der Waals surface area contributed by atoms with Gasteiger partial charge < -0.3 is 21.3 Å². The van der Waals surface area contributed by atoms with Crippen molar-refractivity contribution in [1.29, 1.82) is 5.26 Å². The van der Waals surface area contributed by atoms with E-state index in [9.17, 15) is 14.7 Å². The molecule has 0 aliphatic rings. The molecule has 0 aliphatic heterocycles. The van der Waals surface area contributed by atoms with Crippen LogP contribution in [0.25, 0.3) is 10.9 Å². The number of carbonyl (C=O) groups excluding carboxylic acids is 1. The Labute approximate surface area is 162 Å². The van der Waals surface area contributed by atoms with Gasteiger partial charge in [0.05, 0.1) is 28.6 Å². The Morgan fingerprint density at radius 3 is 2.61 bits per heavy atom. The summed E-state index contributed by atoms with van der Waals surface area (Å²) in [5.74, 6) is -0.179. The van der Waals surface area contributed by atoms with E-state index in [1.807, 2.05) is 6.07 Å². The number of carbonyl (C=O) groups is 1. The van der Waals surface area contributed by atoms with E-state index in [2.05, 4.69) is 4.98 Å². The Morgan fingerprint density at radius 1 is 1.43 bits per heavy atom. The Bertz CT molecular complexity index is 999. The van der Waals surface area contributed by atoms with Crippen LogP contribution in [0.5, 0.6) is 0 Å². The van der Waals surface area contributed by atoms with Crippen LogP contribution in [0, 0.1) is 18.3 Å². The number of aryl methyl sites for hydroxylation is 1. The smallest absolute Gasteiger partial charge is 0.306 e. The summed E-state index contributed by atoms with van der Waals surface area (Å²) in [7, 11) is 0. The van der Waals surface area contributed by atoms with E-state index in [0.29, 0.717) is 0 Å². The van der Waals surface area contributed by atoms with Crippen LogP contribution in [-0.4, -0.2) is 32.5 Å². The molecular formula is C19H25N5O4. The minimum atomic E-state index is -1.40. The first-order valence-corrected chi connectivity index (χ1v) is 8.82. The number of fused-ring (bicyclic) bond motifs is 1. The van der Waals surface area contributed by atoms with Crippen molar-refractivity contribution in [1.82, 2.24) is 9.55 Å². The first-order valence-electron chi connectivity index (χ1n) is 8.82. The van der Waals surface area contributed by atoms with E-state index in [0.717, 1.165) is 0 Å². The third-order valence-corrected chi connectivity index (χ3v) is 4.13. The van der Waals surface area contributed by atoms with Gasteiger partial charge in [0.1, 0.15) is 17.7 Å². The lowest BCUT2D eigenvalue weighted by molar-refractivity contribution is -0.155. The Morgan fingerprint density at radius 2 is 2.07 bits per heavy atom. The normalized spacial score (nSPS) is 13.8. The first kappa shape index (κ1) is 21.3.